The molecule has 25 atom stereocenters. The fourth-order valence-electron chi connectivity index (χ4n) is 12.3. The summed E-state index contributed by atoms with van der Waals surface area (Å²) >= 11 is 0. The average Bonchev–Trinajstić information content (AvgIpc) is 2.71. The number of aliphatic hydroxyl groups is 5. The molecule has 0 amide bonds. The van der Waals surface area contributed by atoms with Crippen LogP contribution in [0.25, 0.3) is 10.8 Å². The van der Waals surface area contributed by atoms with Crippen LogP contribution in [0.5, 0.6) is 17.2 Å². The molecule has 5 aliphatic heterocycles. The molecule has 5 saturated heterocycles. The van der Waals surface area contributed by atoms with Gasteiger partial charge in [0.1, 0.15) is 47.8 Å². The maximum Gasteiger partial charge on any atom is 0.306 e. The summed E-state index contributed by atoms with van der Waals surface area (Å²) in [5.41, 5.74) is -0.843. The van der Waals surface area contributed by atoms with E-state index >= 15 is 4.79 Å². The highest BCUT2D eigenvalue weighted by Gasteiger charge is 2.51. The van der Waals surface area contributed by atoms with Gasteiger partial charge in [0, 0.05) is 74.9 Å². The van der Waals surface area contributed by atoms with Crippen molar-refractivity contribution >= 4 is 28.3 Å². The summed E-state index contributed by atoms with van der Waals surface area (Å²) in [6.07, 6.45) is -18.2. The molecule has 0 radical (unpaired) electrons. The van der Waals surface area contributed by atoms with Crippen molar-refractivity contribution in [3.8, 4) is 17.2 Å². The van der Waals surface area contributed by atoms with Crippen molar-refractivity contribution < 1.29 is 107 Å². The van der Waals surface area contributed by atoms with Crippen LogP contribution in [0.3, 0.4) is 0 Å². The van der Waals surface area contributed by atoms with E-state index in [0.29, 0.717) is 12.8 Å². The zero-order valence-electron chi connectivity index (χ0n) is 48.9. The number of aliphatic hydroxyl groups excluding tert-OH is 4. The molecule has 1 aliphatic carbocycles. The van der Waals surface area contributed by atoms with Gasteiger partial charge in [-0.1, -0.05) is 27.7 Å². The van der Waals surface area contributed by atoms with Crippen molar-refractivity contribution in [1.82, 2.24) is 0 Å². The Morgan fingerprint density at radius 2 is 1.27 bits per heavy atom. The Labute approximate surface area is 473 Å². The van der Waals surface area contributed by atoms with Crippen molar-refractivity contribution in [3.63, 3.8) is 0 Å². The number of phenolic OH excluding ortho intramolecular Hbond substituents is 2. The highest BCUT2D eigenvalue weighted by Crippen LogP contribution is 2.48. The van der Waals surface area contributed by atoms with Crippen LogP contribution in [0.4, 0.5) is 0 Å². The van der Waals surface area contributed by atoms with Gasteiger partial charge in [0.25, 0.3) is 0 Å². The highest BCUT2D eigenvalue weighted by molar-refractivity contribution is 6.11. The molecule has 2 aromatic carbocycles. The number of methoxy groups -OCH3 is 1. The Balaban J connectivity index is 1.07. The predicted molar refractivity (Wildman–Crippen MR) is 287 cm³/mol. The molecule has 5 heterocycles. The summed E-state index contributed by atoms with van der Waals surface area (Å²) in [6.45, 7) is 21.1. The third-order valence-electron chi connectivity index (χ3n) is 18.2. The molecule has 0 bridgehead atoms. The van der Waals surface area contributed by atoms with E-state index in [-0.39, 0.29) is 120 Å². The zero-order valence-corrected chi connectivity index (χ0v) is 48.9. The molecule has 22 heteroatoms. The van der Waals surface area contributed by atoms with Gasteiger partial charge in [0.2, 0.25) is 6.29 Å². The van der Waals surface area contributed by atoms with Crippen LogP contribution in [-0.4, -0.2) is 189 Å². The number of hydrogen-bond acceptors (Lipinski definition) is 22. The van der Waals surface area contributed by atoms with E-state index in [1.165, 1.54) is 14.0 Å². The van der Waals surface area contributed by atoms with Crippen LogP contribution in [0.1, 0.15) is 143 Å². The largest absolute Gasteiger partial charge is 0.507 e. The maximum atomic E-state index is 15.3. The molecule has 6 unspecified atom stereocenters. The molecule has 8 rings (SSSR count). The van der Waals surface area contributed by atoms with Gasteiger partial charge in [-0.15, -0.1) is 0 Å². The lowest BCUT2D eigenvalue weighted by Gasteiger charge is -2.46. The third kappa shape index (κ3) is 13.6. The van der Waals surface area contributed by atoms with E-state index in [1.807, 2.05) is 41.5 Å². The van der Waals surface area contributed by atoms with E-state index in [0.717, 1.165) is 0 Å². The van der Waals surface area contributed by atoms with Crippen LogP contribution >= 0.6 is 0 Å². The summed E-state index contributed by atoms with van der Waals surface area (Å²) in [5.74, 6) is -4.66. The number of ketones is 2. The Morgan fingerprint density at radius 3 is 1.88 bits per heavy atom. The van der Waals surface area contributed by atoms with Crippen molar-refractivity contribution in [2.75, 3.05) is 7.11 Å². The number of phenols is 2. The summed E-state index contributed by atoms with van der Waals surface area (Å²) < 4.78 is 74.2. The second-order valence-corrected chi connectivity index (χ2v) is 24.0. The topological polar surface area (TPSA) is 304 Å². The molecule has 0 aromatic heterocycles. The number of aromatic hydroxyl groups is 2. The normalized spacial score (nSPS) is 40.5. The number of rotatable bonds is 18. The molecule has 0 saturated carbocycles. The van der Waals surface area contributed by atoms with Crippen LogP contribution < -0.4 is 4.74 Å². The van der Waals surface area contributed by atoms with Crippen molar-refractivity contribution in [2.24, 2.45) is 23.7 Å². The lowest BCUT2D eigenvalue weighted by atomic mass is 9.75. The van der Waals surface area contributed by atoms with Crippen LogP contribution in [0.2, 0.25) is 0 Å². The second-order valence-electron chi connectivity index (χ2n) is 24.0. The Morgan fingerprint density at radius 1 is 0.728 bits per heavy atom. The van der Waals surface area contributed by atoms with Gasteiger partial charge in [-0.25, -0.2) is 0 Å². The zero-order chi connectivity index (χ0) is 59.3. The first-order valence-corrected chi connectivity index (χ1v) is 28.9. The quantitative estimate of drug-likeness (QED) is 0.0974. The lowest BCUT2D eigenvalue weighted by Crippen LogP contribution is -2.57. The number of carbonyl (C=O) groups is 3. The maximum absolute atomic E-state index is 15.3. The monoisotopic (exact) mass is 1150 g/mol. The summed E-state index contributed by atoms with van der Waals surface area (Å²) in [7, 11) is 1.22. The first-order chi connectivity index (χ1) is 38.1. The molecule has 2 aromatic rings. The molecular weight excluding hydrogens is 1060 g/mol. The predicted octanol–water partition coefficient (Wildman–Crippen LogP) is 4.93. The molecule has 6 aliphatic rings. The van der Waals surface area contributed by atoms with Crippen LogP contribution in [-0.2, 0) is 68.1 Å². The minimum absolute atomic E-state index is 0.00452. The summed E-state index contributed by atoms with van der Waals surface area (Å²) in [6, 6.07) is 3.20. The number of esters is 1. The van der Waals surface area contributed by atoms with E-state index in [1.54, 1.807) is 46.8 Å². The van der Waals surface area contributed by atoms with Gasteiger partial charge in [-0.2, -0.15) is 0 Å². The summed E-state index contributed by atoms with van der Waals surface area (Å²) in [5, 5.41) is 80.3. The van der Waals surface area contributed by atoms with Crippen molar-refractivity contribution in [3.05, 3.63) is 28.8 Å². The van der Waals surface area contributed by atoms with Crippen molar-refractivity contribution in [2.45, 2.75) is 263 Å². The minimum atomic E-state index is -1.91. The Bertz CT molecular complexity index is 2510. The van der Waals surface area contributed by atoms with Crippen LogP contribution in [0.15, 0.2) is 12.1 Å². The highest BCUT2D eigenvalue weighted by atomic mass is 16.7. The molecule has 22 nitrogen and oxygen atoms in total. The smallest absolute Gasteiger partial charge is 0.306 e. The molecule has 7 N–H and O–H groups in total. The van der Waals surface area contributed by atoms with Gasteiger partial charge >= 0.3 is 5.97 Å². The number of fused-ring (bicyclic) bond motifs is 2. The van der Waals surface area contributed by atoms with Gasteiger partial charge in [-0.3, -0.25) is 14.4 Å². The fraction of sp³-hybridized carbons (Fsp3) is 0.780. The lowest BCUT2D eigenvalue weighted by molar-refractivity contribution is -0.331. The average molecular weight is 1150 g/mol. The first kappa shape index (κ1) is 63.3. The third-order valence-corrected chi connectivity index (χ3v) is 18.2. The van der Waals surface area contributed by atoms with Gasteiger partial charge in [0.15, 0.2) is 42.8 Å². The Kier molecular flexibility index (Phi) is 20.2. The number of Topliss-reactive ketones (excluding diaryl/α,β-unsaturated/α-hetero) is 2. The second kappa shape index (κ2) is 25.9. The number of hydrogen-bond donors (Lipinski definition) is 7. The fourth-order valence-corrected chi connectivity index (χ4v) is 12.3. The number of benzene rings is 2. The van der Waals surface area contributed by atoms with Gasteiger partial charge in [-0.05, 0) is 91.3 Å². The van der Waals surface area contributed by atoms with Gasteiger partial charge < -0.3 is 92.6 Å². The number of carbonyl (C=O) groups excluding carboxylic acids is 3. The first-order valence-electron chi connectivity index (χ1n) is 28.9. The number of ether oxygens (including phenoxy) is 12. The SMILES string of the molecule is CCCC(=O)O[C@H](C)[C@H](O)C(=O)[C@@H](OC)[C@@H]1Cc2cc3cc(O[C@H]4C[C@@H](O[C@H]5C[C@@H](O)[C@@H](C)C(C)O5)[C@@H](C)C(C)O4)c(C)c(O)c3c(O)c2C(=O)[C@H]1O[C@H]1C[C@@H](O[C@H]2C[C@@H](O[C@H]3CC(C)(O)[C@@H](C)C(C)O3)[C@H](O)C(C)O2)[C@H](O)C(C)O1. The van der Waals surface area contributed by atoms with Crippen molar-refractivity contribution in [1.29, 1.82) is 0 Å². The van der Waals surface area contributed by atoms with E-state index in [4.69, 9.17) is 56.8 Å². The molecule has 5 fully saturated rings. The van der Waals surface area contributed by atoms with Gasteiger partial charge in [0.05, 0.1) is 71.5 Å². The van der Waals surface area contributed by atoms with E-state index in [2.05, 4.69) is 0 Å². The Hall–Kier alpha value is -3.69. The molecule has 81 heavy (non-hydrogen) atoms. The molecule has 456 valence electrons. The van der Waals surface area contributed by atoms with Crippen LogP contribution in [0, 0.1) is 30.6 Å². The standard InChI is InChI=1S/C59H88O22/c1-14-15-42(61)71-33(11)53(65)56(68)57(70-13)36-17-34-16-35-18-38(77-44-20-39(25(3)29(7)73-44)78-43-19-37(60)24(2)28(6)72-43)26(4)50(62)48(35)54(66)49(34)55(67)58(36)81-46-22-40(51(63)32(10)76-46)79-45-21-41(52(64)31(9)75-45)80-47-23-59(12,69)27(5)30(8)74-47/h16,18,24-25,27-33,36-37,39-41,43-47,51-53,57-58,60,62-66,69H,14-15,17,19-23H2,1-13H3/t24-,25-,27-,28?,29?,30?,31?,32?,33+,36-,37+,39+,40+,41+,43-,44-,45-,46-,47-,51+,52+,53-,57-,58-,59?/m0/s1. The minimum Gasteiger partial charge on any atom is -0.507 e. The molecule has 0 spiro atoms. The van der Waals surface area contributed by atoms with E-state index in [9.17, 15) is 45.3 Å². The molecular formula is C59H88O22. The van der Waals surface area contributed by atoms with E-state index < -0.39 is 133 Å². The summed E-state index contributed by atoms with van der Waals surface area (Å²) in [4.78, 5) is 42.2.